The Morgan fingerprint density at radius 3 is 2.30 bits per heavy atom. The first-order chi connectivity index (χ1) is 12.9. The Bertz CT molecular complexity index is 935. The average Bonchev–Trinajstić information content (AvgIpc) is 2.65. The van der Waals surface area contributed by atoms with Crippen LogP contribution in [-0.2, 0) is 16.6 Å². The van der Waals surface area contributed by atoms with E-state index in [0.717, 1.165) is 27.4 Å². The summed E-state index contributed by atoms with van der Waals surface area (Å²) in [4.78, 5) is 14.9. The molecule has 0 fully saturated rings. The van der Waals surface area contributed by atoms with E-state index in [9.17, 15) is 13.2 Å². The zero-order chi connectivity index (χ0) is 19.4. The van der Waals surface area contributed by atoms with Crippen molar-refractivity contribution in [2.75, 3.05) is 13.1 Å². The minimum absolute atomic E-state index is 0.0478. The number of urea groups is 1. The SMILES string of the molecule is C/C1=C/CN(S(=O)(=O)c2ccc(C)cc2)C(=O)N(Cc2ccccc2)CC1. The van der Waals surface area contributed by atoms with Crippen LogP contribution in [0, 0.1) is 6.92 Å². The van der Waals surface area contributed by atoms with E-state index >= 15 is 0 Å². The first kappa shape index (κ1) is 19.2. The molecule has 0 saturated heterocycles. The zero-order valence-corrected chi connectivity index (χ0v) is 16.4. The molecule has 27 heavy (non-hydrogen) atoms. The Hall–Kier alpha value is -2.60. The summed E-state index contributed by atoms with van der Waals surface area (Å²) in [6.07, 6.45) is 2.56. The highest BCUT2D eigenvalue weighted by Crippen LogP contribution is 2.22. The van der Waals surface area contributed by atoms with Crippen LogP contribution in [0.5, 0.6) is 0 Å². The Kier molecular flexibility index (Phi) is 5.65. The van der Waals surface area contributed by atoms with Gasteiger partial charge < -0.3 is 4.90 Å². The van der Waals surface area contributed by atoms with Gasteiger partial charge in [-0.05, 0) is 38.0 Å². The molecule has 2 aromatic rings. The quantitative estimate of drug-likeness (QED) is 0.750. The van der Waals surface area contributed by atoms with Crippen LogP contribution in [0.1, 0.15) is 24.5 Å². The van der Waals surface area contributed by atoms with E-state index in [4.69, 9.17) is 0 Å². The molecule has 0 bridgehead atoms. The molecule has 0 aromatic heterocycles. The van der Waals surface area contributed by atoms with Crippen LogP contribution >= 0.6 is 0 Å². The van der Waals surface area contributed by atoms with Crippen molar-refractivity contribution in [1.29, 1.82) is 0 Å². The summed E-state index contributed by atoms with van der Waals surface area (Å²) >= 11 is 0. The number of aryl methyl sites for hydroxylation is 1. The lowest BCUT2D eigenvalue weighted by molar-refractivity contribution is 0.176. The number of amides is 2. The second-order valence-electron chi connectivity index (χ2n) is 6.84. The number of rotatable bonds is 4. The highest BCUT2D eigenvalue weighted by molar-refractivity contribution is 7.89. The molecule has 0 spiro atoms. The van der Waals surface area contributed by atoms with Gasteiger partial charge in [-0.2, -0.15) is 0 Å². The molecule has 0 saturated carbocycles. The van der Waals surface area contributed by atoms with Crippen LogP contribution in [0.25, 0.3) is 0 Å². The van der Waals surface area contributed by atoms with Gasteiger partial charge in [0.1, 0.15) is 0 Å². The van der Waals surface area contributed by atoms with Gasteiger partial charge in [-0.3, -0.25) is 0 Å². The van der Waals surface area contributed by atoms with Crippen LogP contribution < -0.4 is 0 Å². The van der Waals surface area contributed by atoms with E-state index in [0.29, 0.717) is 13.1 Å². The molecule has 6 heteroatoms. The molecule has 0 atom stereocenters. The van der Waals surface area contributed by atoms with Gasteiger partial charge in [0.25, 0.3) is 10.0 Å². The molecule has 2 aromatic carbocycles. The molecule has 0 unspecified atom stereocenters. The monoisotopic (exact) mass is 384 g/mol. The van der Waals surface area contributed by atoms with Gasteiger partial charge >= 0.3 is 6.03 Å². The van der Waals surface area contributed by atoms with E-state index in [-0.39, 0.29) is 11.4 Å². The van der Waals surface area contributed by atoms with Crippen LogP contribution in [0.3, 0.4) is 0 Å². The maximum atomic E-state index is 13.1. The summed E-state index contributed by atoms with van der Waals surface area (Å²) in [6.45, 7) is 4.77. The van der Waals surface area contributed by atoms with Crippen molar-refractivity contribution in [3.63, 3.8) is 0 Å². The Morgan fingerprint density at radius 2 is 1.63 bits per heavy atom. The van der Waals surface area contributed by atoms with Crippen molar-refractivity contribution >= 4 is 16.1 Å². The highest BCUT2D eigenvalue weighted by atomic mass is 32.2. The lowest BCUT2D eigenvalue weighted by Crippen LogP contribution is -2.47. The highest BCUT2D eigenvalue weighted by Gasteiger charge is 2.32. The number of hydrogen-bond acceptors (Lipinski definition) is 3. The summed E-state index contributed by atoms with van der Waals surface area (Å²) in [6, 6.07) is 15.7. The number of carbonyl (C=O) groups excluding carboxylic acids is 1. The molecule has 0 aliphatic carbocycles. The molecule has 5 nitrogen and oxygen atoms in total. The van der Waals surface area contributed by atoms with Gasteiger partial charge in [0, 0.05) is 13.1 Å². The van der Waals surface area contributed by atoms with Crippen LogP contribution in [0.4, 0.5) is 4.79 Å². The summed E-state index contributed by atoms with van der Waals surface area (Å²) in [7, 11) is -3.92. The summed E-state index contributed by atoms with van der Waals surface area (Å²) in [5.74, 6) is 0. The lowest BCUT2D eigenvalue weighted by Gasteiger charge is -2.31. The molecule has 1 aliphatic heterocycles. The number of sulfonamides is 1. The number of carbonyl (C=O) groups is 1. The van der Waals surface area contributed by atoms with Gasteiger partial charge in [-0.1, -0.05) is 59.7 Å². The van der Waals surface area contributed by atoms with Crippen molar-refractivity contribution in [1.82, 2.24) is 9.21 Å². The van der Waals surface area contributed by atoms with E-state index in [1.807, 2.05) is 50.3 Å². The maximum absolute atomic E-state index is 13.1. The Morgan fingerprint density at radius 1 is 0.963 bits per heavy atom. The minimum atomic E-state index is -3.92. The van der Waals surface area contributed by atoms with Crippen molar-refractivity contribution in [3.05, 3.63) is 77.4 Å². The molecule has 1 aliphatic rings. The van der Waals surface area contributed by atoms with Gasteiger partial charge in [0.2, 0.25) is 0 Å². The molecule has 1 heterocycles. The topological polar surface area (TPSA) is 57.7 Å². The molecule has 0 N–H and O–H groups in total. The third-order valence-electron chi connectivity index (χ3n) is 4.69. The van der Waals surface area contributed by atoms with Crippen LogP contribution in [0.2, 0.25) is 0 Å². The lowest BCUT2D eigenvalue weighted by atomic mass is 10.1. The summed E-state index contributed by atoms with van der Waals surface area (Å²) < 4.78 is 27.2. The predicted molar refractivity (Wildman–Crippen MR) is 106 cm³/mol. The second kappa shape index (κ2) is 7.96. The van der Waals surface area contributed by atoms with Crippen LogP contribution in [0.15, 0.2) is 71.1 Å². The molecular weight excluding hydrogens is 360 g/mol. The molecular formula is C21H24N2O3S. The van der Waals surface area contributed by atoms with Crippen molar-refractivity contribution in [2.45, 2.75) is 31.7 Å². The Balaban J connectivity index is 1.95. The normalized spacial score (nSPS) is 17.9. The molecule has 3 rings (SSSR count). The van der Waals surface area contributed by atoms with E-state index < -0.39 is 16.1 Å². The van der Waals surface area contributed by atoms with Crippen molar-refractivity contribution in [3.8, 4) is 0 Å². The van der Waals surface area contributed by atoms with Crippen LogP contribution in [-0.4, -0.2) is 36.7 Å². The van der Waals surface area contributed by atoms with Gasteiger partial charge in [0.05, 0.1) is 11.4 Å². The third-order valence-corrected chi connectivity index (χ3v) is 6.44. The van der Waals surface area contributed by atoms with Crippen molar-refractivity contribution < 1.29 is 13.2 Å². The number of nitrogens with zero attached hydrogens (tertiary/aromatic N) is 2. The standard InChI is InChI=1S/C21H24N2O3S/c1-17-8-10-20(11-9-17)27(25,26)23-15-13-18(2)12-14-22(21(23)24)16-19-6-4-3-5-7-19/h3-11,13H,12,14-16H2,1-2H3/b18-13-. The zero-order valence-electron chi connectivity index (χ0n) is 15.6. The summed E-state index contributed by atoms with van der Waals surface area (Å²) in [5, 5.41) is 0. The minimum Gasteiger partial charge on any atom is -0.319 e. The van der Waals surface area contributed by atoms with E-state index in [2.05, 4.69) is 0 Å². The largest absolute Gasteiger partial charge is 0.334 e. The predicted octanol–water partition coefficient (Wildman–Crippen LogP) is 3.96. The first-order valence-corrected chi connectivity index (χ1v) is 10.4. The molecule has 2 amide bonds. The fourth-order valence-electron chi connectivity index (χ4n) is 2.97. The maximum Gasteiger partial charge on any atom is 0.334 e. The molecule has 142 valence electrons. The first-order valence-electron chi connectivity index (χ1n) is 8.96. The Labute approximate surface area is 161 Å². The van der Waals surface area contributed by atoms with Gasteiger partial charge in [0.15, 0.2) is 0 Å². The van der Waals surface area contributed by atoms with E-state index in [1.54, 1.807) is 29.2 Å². The smallest absolute Gasteiger partial charge is 0.319 e. The molecule has 0 radical (unpaired) electrons. The average molecular weight is 385 g/mol. The van der Waals surface area contributed by atoms with E-state index in [1.165, 1.54) is 0 Å². The number of hydrogen-bond donors (Lipinski definition) is 0. The second-order valence-corrected chi connectivity index (χ2v) is 8.70. The van der Waals surface area contributed by atoms with Crippen molar-refractivity contribution in [2.24, 2.45) is 0 Å². The fourth-order valence-corrected chi connectivity index (χ4v) is 4.30. The van der Waals surface area contributed by atoms with Gasteiger partial charge in [-0.25, -0.2) is 17.5 Å². The van der Waals surface area contributed by atoms with Gasteiger partial charge in [-0.15, -0.1) is 0 Å². The fraction of sp³-hybridized carbons (Fsp3) is 0.286. The summed E-state index contributed by atoms with van der Waals surface area (Å²) in [5.41, 5.74) is 3.01. The third kappa shape index (κ3) is 4.39. The number of benzene rings is 2.